The van der Waals surface area contributed by atoms with Crippen LogP contribution < -0.4 is 14.8 Å². The summed E-state index contributed by atoms with van der Waals surface area (Å²) in [6.07, 6.45) is 1.17. The summed E-state index contributed by atoms with van der Waals surface area (Å²) in [5, 5.41) is 3.52. The smallest absolute Gasteiger partial charge is 0.209 e. The van der Waals surface area contributed by atoms with Crippen molar-refractivity contribution in [2.75, 3.05) is 19.5 Å². The Labute approximate surface area is 197 Å². The first kappa shape index (κ1) is 20.5. The van der Waals surface area contributed by atoms with Gasteiger partial charge in [0.2, 0.25) is 5.95 Å². The molecule has 0 fully saturated rings. The fraction of sp³-hybridized carbons (Fsp3) is 0.214. The number of methoxy groups -OCH3 is 2. The van der Waals surface area contributed by atoms with Crippen molar-refractivity contribution >= 4 is 22.8 Å². The lowest BCUT2D eigenvalue weighted by Crippen LogP contribution is -2.33. The van der Waals surface area contributed by atoms with Crippen LogP contribution in [0.3, 0.4) is 0 Å². The summed E-state index contributed by atoms with van der Waals surface area (Å²) in [6.45, 7) is 0. The van der Waals surface area contributed by atoms with Crippen LogP contribution in [-0.4, -0.2) is 29.6 Å². The first-order valence-corrected chi connectivity index (χ1v) is 11.4. The first-order valence-electron chi connectivity index (χ1n) is 11.4. The number of hydrogen-bond donors (Lipinski definition) is 1. The molecule has 2 aliphatic rings. The summed E-state index contributed by atoms with van der Waals surface area (Å²) in [7, 11) is 3.26. The predicted molar refractivity (Wildman–Crippen MR) is 131 cm³/mol. The van der Waals surface area contributed by atoms with Crippen LogP contribution in [0.25, 0.3) is 11.0 Å². The maximum Gasteiger partial charge on any atom is 0.209 e. The van der Waals surface area contributed by atoms with Gasteiger partial charge >= 0.3 is 0 Å². The van der Waals surface area contributed by atoms with Crippen molar-refractivity contribution in [3.8, 4) is 11.5 Å². The summed E-state index contributed by atoms with van der Waals surface area (Å²) in [5.74, 6) is 2.33. The van der Waals surface area contributed by atoms with Crippen molar-refractivity contribution in [1.82, 2.24) is 9.55 Å². The molecule has 1 aliphatic heterocycles. The largest absolute Gasteiger partial charge is 0.493 e. The van der Waals surface area contributed by atoms with E-state index in [-0.39, 0.29) is 17.7 Å². The molecule has 2 atom stereocenters. The highest BCUT2D eigenvalue weighted by Gasteiger charge is 2.39. The number of nitrogens with one attached hydrogen (secondary N) is 1. The molecule has 1 aliphatic carbocycles. The molecule has 4 aromatic rings. The summed E-state index contributed by atoms with van der Waals surface area (Å²) in [4.78, 5) is 18.6. The third kappa shape index (κ3) is 3.17. The zero-order valence-electron chi connectivity index (χ0n) is 19.1. The van der Waals surface area contributed by atoms with Crippen LogP contribution in [0.5, 0.6) is 11.5 Å². The average molecular weight is 452 g/mol. The third-order valence-electron chi connectivity index (χ3n) is 6.89. The molecule has 2 heterocycles. The summed E-state index contributed by atoms with van der Waals surface area (Å²) in [5.41, 5.74) is 5.86. The van der Waals surface area contributed by atoms with E-state index in [9.17, 15) is 4.79 Å². The van der Waals surface area contributed by atoms with E-state index in [0.29, 0.717) is 17.9 Å². The second kappa shape index (κ2) is 8.06. The SMILES string of the molecule is COc1ccc([C@@H]2CC(=O)C3=C(C2)Nc2nc4ccccc4n2[C@H]3c2ccccc2)cc1OC. The van der Waals surface area contributed by atoms with Gasteiger partial charge in [0, 0.05) is 17.7 Å². The van der Waals surface area contributed by atoms with Gasteiger partial charge in [-0.25, -0.2) is 4.98 Å². The number of ether oxygens (including phenoxy) is 2. The third-order valence-corrected chi connectivity index (χ3v) is 6.89. The molecule has 0 amide bonds. The normalized spacial score (nSPS) is 19.4. The number of carbonyl (C=O) groups excluding carboxylic acids is 1. The number of para-hydroxylation sites is 2. The summed E-state index contributed by atoms with van der Waals surface area (Å²) in [6, 6.07) is 24.0. The number of anilines is 1. The van der Waals surface area contributed by atoms with Crippen LogP contribution in [0.15, 0.2) is 84.1 Å². The molecule has 1 aromatic heterocycles. The Balaban J connectivity index is 1.47. The van der Waals surface area contributed by atoms with Crippen LogP contribution in [0, 0.1) is 0 Å². The summed E-state index contributed by atoms with van der Waals surface area (Å²) >= 11 is 0. The van der Waals surface area contributed by atoms with Gasteiger partial charge in [-0.3, -0.25) is 9.36 Å². The van der Waals surface area contributed by atoms with Gasteiger partial charge in [0.1, 0.15) is 0 Å². The molecule has 0 spiro atoms. The topological polar surface area (TPSA) is 65.4 Å². The fourth-order valence-corrected chi connectivity index (χ4v) is 5.32. The lowest BCUT2D eigenvalue weighted by atomic mass is 9.77. The maximum absolute atomic E-state index is 13.8. The van der Waals surface area contributed by atoms with Gasteiger partial charge in [-0.05, 0) is 47.7 Å². The average Bonchev–Trinajstić information content (AvgIpc) is 3.25. The van der Waals surface area contributed by atoms with Crippen molar-refractivity contribution in [2.24, 2.45) is 0 Å². The van der Waals surface area contributed by atoms with Crippen molar-refractivity contribution in [3.63, 3.8) is 0 Å². The molecule has 0 unspecified atom stereocenters. The molecule has 0 radical (unpaired) electrons. The van der Waals surface area contributed by atoms with Gasteiger partial charge in [-0.1, -0.05) is 48.5 Å². The molecule has 170 valence electrons. The maximum atomic E-state index is 13.8. The highest BCUT2D eigenvalue weighted by molar-refractivity contribution is 6.01. The molecule has 1 N–H and O–H groups in total. The zero-order chi connectivity index (χ0) is 23.2. The molecule has 6 heteroatoms. The second-order valence-corrected chi connectivity index (χ2v) is 8.77. The van der Waals surface area contributed by atoms with E-state index in [1.807, 2.05) is 54.6 Å². The molecule has 3 aromatic carbocycles. The first-order chi connectivity index (χ1) is 16.7. The molecular formula is C28H25N3O3. The molecule has 0 saturated carbocycles. The number of Topliss-reactive ketones (excluding diaryl/α,β-unsaturated/α-hetero) is 1. The van der Waals surface area contributed by atoms with Gasteiger partial charge < -0.3 is 14.8 Å². The van der Waals surface area contributed by atoms with Crippen molar-refractivity contribution in [2.45, 2.75) is 24.8 Å². The number of ketones is 1. The number of benzene rings is 3. The standard InChI is InChI=1S/C28H25N3O3/c1-33-24-13-12-18(16-25(24)34-2)19-14-21-26(23(32)15-19)27(17-8-4-3-5-9-17)31-22-11-7-6-10-20(22)29-28(31)30-21/h3-13,16,19,27H,14-15H2,1-2H3,(H,29,30)/t19-,27-/m0/s1. The van der Waals surface area contributed by atoms with Crippen LogP contribution in [0.2, 0.25) is 0 Å². The molecule has 0 saturated heterocycles. The van der Waals surface area contributed by atoms with Gasteiger partial charge in [0.25, 0.3) is 0 Å². The van der Waals surface area contributed by atoms with Crippen LogP contribution in [0.1, 0.15) is 35.9 Å². The van der Waals surface area contributed by atoms with Crippen LogP contribution in [-0.2, 0) is 4.79 Å². The zero-order valence-corrected chi connectivity index (χ0v) is 19.1. The lowest BCUT2D eigenvalue weighted by molar-refractivity contribution is -0.116. The quantitative estimate of drug-likeness (QED) is 0.446. The van der Waals surface area contributed by atoms with Crippen molar-refractivity contribution in [1.29, 1.82) is 0 Å². The minimum absolute atomic E-state index is 0.0471. The van der Waals surface area contributed by atoms with E-state index in [4.69, 9.17) is 14.5 Å². The Bertz CT molecular complexity index is 1440. The Morgan fingerprint density at radius 2 is 1.65 bits per heavy atom. The lowest BCUT2D eigenvalue weighted by Gasteiger charge is -2.36. The Hall–Kier alpha value is -4.06. The van der Waals surface area contributed by atoms with Gasteiger partial charge in [0.05, 0.1) is 31.3 Å². The minimum Gasteiger partial charge on any atom is -0.493 e. The van der Waals surface area contributed by atoms with Gasteiger partial charge in [-0.2, -0.15) is 0 Å². The number of imidazole rings is 1. The van der Waals surface area contributed by atoms with Gasteiger partial charge in [0.15, 0.2) is 17.3 Å². The molecule has 34 heavy (non-hydrogen) atoms. The Kier molecular flexibility index (Phi) is 4.87. The number of allylic oxidation sites excluding steroid dienone is 2. The Morgan fingerprint density at radius 1 is 0.882 bits per heavy atom. The minimum atomic E-state index is -0.210. The van der Waals surface area contributed by atoms with E-state index in [0.717, 1.165) is 45.8 Å². The van der Waals surface area contributed by atoms with E-state index >= 15 is 0 Å². The molecule has 6 rings (SSSR count). The molecule has 0 bridgehead atoms. The van der Waals surface area contributed by atoms with Gasteiger partial charge in [-0.15, -0.1) is 0 Å². The van der Waals surface area contributed by atoms with Crippen molar-refractivity contribution < 1.29 is 14.3 Å². The number of rotatable bonds is 4. The monoisotopic (exact) mass is 451 g/mol. The molecular weight excluding hydrogens is 426 g/mol. The van der Waals surface area contributed by atoms with Crippen LogP contribution >= 0.6 is 0 Å². The van der Waals surface area contributed by atoms with Crippen LogP contribution in [0.4, 0.5) is 5.95 Å². The number of carbonyl (C=O) groups is 1. The number of nitrogens with zero attached hydrogens (tertiary/aromatic N) is 2. The Morgan fingerprint density at radius 3 is 2.44 bits per heavy atom. The summed E-state index contributed by atoms with van der Waals surface area (Å²) < 4.78 is 13.1. The number of fused-ring (bicyclic) bond motifs is 3. The highest BCUT2D eigenvalue weighted by atomic mass is 16.5. The predicted octanol–water partition coefficient (Wildman–Crippen LogP) is 5.47. The van der Waals surface area contributed by atoms with E-state index < -0.39 is 0 Å². The van der Waals surface area contributed by atoms with Crippen molar-refractivity contribution in [3.05, 3.63) is 95.2 Å². The number of aromatic nitrogens is 2. The second-order valence-electron chi connectivity index (χ2n) is 8.77. The molecule has 6 nitrogen and oxygen atoms in total. The van der Waals surface area contributed by atoms with E-state index in [1.54, 1.807) is 14.2 Å². The van der Waals surface area contributed by atoms with E-state index in [1.165, 1.54) is 0 Å². The fourth-order valence-electron chi connectivity index (χ4n) is 5.32. The highest BCUT2D eigenvalue weighted by Crippen LogP contribution is 2.46. The number of hydrogen-bond acceptors (Lipinski definition) is 5. The van der Waals surface area contributed by atoms with E-state index in [2.05, 4.69) is 28.1 Å².